The molecule has 0 saturated heterocycles. The molecule has 0 heterocycles. The normalized spacial score (nSPS) is 20.8. The van der Waals surface area contributed by atoms with Crippen LogP contribution in [0.1, 0.15) is 64.5 Å². The molecule has 0 radical (unpaired) electrons. The molecule has 2 atom stereocenters. The van der Waals surface area contributed by atoms with Gasteiger partial charge in [0.25, 0.3) is 0 Å². The molecule has 0 aliphatic heterocycles. The van der Waals surface area contributed by atoms with E-state index in [1.165, 1.54) is 12.8 Å². The van der Waals surface area contributed by atoms with E-state index in [9.17, 15) is 10.1 Å². The third kappa shape index (κ3) is 6.21. The number of hydrogen-bond acceptors (Lipinski definition) is 5. The molecule has 0 spiro atoms. The molecule has 2 unspecified atom stereocenters. The number of carbonyl (C=O) groups is 1. The third-order valence-electron chi connectivity index (χ3n) is 6.38. The average Bonchev–Trinajstić information content (AvgIpc) is 2.94. The minimum atomic E-state index is 0.105. The average molecular weight is 462 g/mol. The highest BCUT2D eigenvalue weighted by Gasteiger charge is 2.48. The van der Waals surface area contributed by atoms with Crippen LogP contribution < -0.4 is 0 Å². The van der Waals surface area contributed by atoms with Crippen molar-refractivity contribution in [2.45, 2.75) is 76.0 Å². The number of carbonyl (C=O) groups excluding carboxylic acids is 1. The zero-order chi connectivity index (χ0) is 22.9. The van der Waals surface area contributed by atoms with E-state index in [0.29, 0.717) is 24.6 Å². The fourth-order valence-electron chi connectivity index (χ4n) is 4.97. The predicted octanol–water partition coefficient (Wildman–Crippen LogP) is 5.41. The van der Waals surface area contributed by atoms with Gasteiger partial charge in [-0.15, -0.1) is 23.5 Å². The second-order valence-electron chi connectivity index (χ2n) is 8.13. The molecular formula is C25H39N3OS2. The Balaban J connectivity index is 2.43. The summed E-state index contributed by atoms with van der Waals surface area (Å²) in [5.74, 6) is 2.32. The molecule has 1 saturated carbocycles. The number of benzene rings is 1. The van der Waals surface area contributed by atoms with E-state index in [2.05, 4.69) is 74.1 Å². The molecule has 1 fully saturated rings. The molecule has 1 aromatic rings. The van der Waals surface area contributed by atoms with E-state index in [-0.39, 0.29) is 16.0 Å². The van der Waals surface area contributed by atoms with Gasteiger partial charge in [0, 0.05) is 12.6 Å². The maximum Gasteiger partial charge on any atom is 0.227 e. The van der Waals surface area contributed by atoms with Gasteiger partial charge in [0.05, 0.1) is 28.2 Å². The lowest BCUT2D eigenvalue weighted by Crippen LogP contribution is -2.60. The van der Waals surface area contributed by atoms with Gasteiger partial charge in [-0.25, -0.2) is 0 Å². The number of rotatable bonds is 10. The lowest BCUT2D eigenvalue weighted by atomic mass is 9.97. The number of hydrogen-bond donors (Lipinski definition) is 0. The number of nitriles is 1. The van der Waals surface area contributed by atoms with E-state index in [4.69, 9.17) is 0 Å². The maximum absolute atomic E-state index is 13.6. The smallest absolute Gasteiger partial charge is 0.227 e. The van der Waals surface area contributed by atoms with Crippen molar-refractivity contribution in [1.82, 2.24) is 9.80 Å². The number of nitrogens with zero attached hydrogens (tertiary/aromatic N) is 3. The zero-order valence-electron chi connectivity index (χ0n) is 19.9. The van der Waals surface area contributed by atoms with Crippen LogP contribution >= 0.6 is 23.5 Å². The van der Waals surface area contributed by atoms with E-state index >= 15 is 0 Å². The van der Waals surface area contributed by atoms with Crippen molar-refractivity contribution in [2.24, 2.45) is 0 Å². The van der Waals surface area contributed by atoms with Gasteiger partial charge in [-0.1, -0.05) is 51.8 Å². The van der Waals surface area contributed by atoms with Gasteiger partial charge in [-0.3, -0.25) is 9.69 Å². The minimum Gasteiger partial charge on any atom is -0.338 e. The van der Waals surface area contributed by atoms with E-state index < -0.39 is 0 Å². The first-order valence-corrected chi connectivity index (χ1v) is 13.7. The van der Waals surface area contributed by atoms with Crippen LogP contribution in [-0.2, 0) is 11.2 Å². The zero-order valence-corrected chi connectivity index (χ0v) is 21.5. The molecule has 1 aliphatic rings. The van der Waals surface area contributed by atoms with E-state index in [1.807, 2.05) is 18.2 Å². The van der Waals surface area contributed by atoms with Crippen LogP contribution in [0.25, 0.3) is 0 Å². The highest BCUT2D eigenvalue weighted by Crippen LogP contribution is 2.50. The van der Waals surface area contributed by atoms with Crippen molar-refractivity contribution in [3.05, 3.63) is 35.4 Å². The Hall–Kier alpha value is -1.16. The maximum atomic E-state index is 13.6. The summed E-state index contributed by atoms with van der Waals surface area (Å²) in [6.45, 7) is 10.5. The van der Waals surface area contributed by atoms with Gasteiger partial charge in [0.2, 0.25) is 5.91 Å². The molecule has 0 N–H and O–H groups in total. The lowest BCUT2D eigenvalue weighted by molar-refractivity contribution is -0.134. The van der Waals surface area contributed by atoms with Crippen LogP contribution in [0.5, 0.6) is 0 Å². The molecule has 31 heavy (non-hydrogen) atoms. The van der Waals surface area contributed by atoms with Gasteiger partial charge < -0.3 is 4.90 Å². The SMILES string of the molecule is CCSC1(SCC)CCCCC(N(CC)C(=O)Cc2ccccc2C#N)C1N(C)CC. The minimum absolute atomic E-state index is 0.105. The van der Waals surface area contributed by atoms with Crippen molar-refractivity contribution in [3.63, 3.8) is 0 Å². The van der Waals surface area contributed by atoms with Gasteiger partial charge in [-0.2, -0.15) is 5.26 Å². The summed E-state index contributed by atoms with van der Waals surface area (Å²) in [6.07, 6.45) is 4.91. The van der Waals surface area contributed by atoms with Crippen molar-refractivity contribution in [1.29, 1.82) is 5.26 Å². The third-order valence-corrected chi connectivity index (χ3v) is 9.54. The summed E-state index contributed by atoms with van der Waals surface area (Å²) >= 11 is 4.17. The first kappa shape index (κ1) is 26.1. The Kier molecular flexibility index (Phi) is 10.7. The van der Waals surface area contributed by atoms with Crippen molar-refractivity contribution in [3.8, 4) is 6.07 Å². The van der Waals surface area contributed by atoms with Crippen LogP contribution in [0.4, 0.5) is 0 Å². The first-order valence-electron chi connectivity index (χ1n) is 11.7. The fourth-order valence-corrected chi connectivity index (χ4v) is 8.58. The van der Waals surface area contributed by atoms with Crippen molar-refractivity contribution >= 4 is 29.4 Å². The van der Waals surface area contributed by atoms with Gasteiger partial charge in [-0.05, 0) is 56.5 Å². The monoisotopic (exact) mass is 461 g/mol. The molecule has 2 rings (SSSR count). The topological polar surface area (TPSA) is 47.3 Å². The molecule has 172 valence electrons. The second kappa shape index (κ2) is 12.8. The standard InChI is InChI=1S/C25H39N3OS2/c1-6-27(5)24-22(16-12-13-17-25(24,30-8-3)31-9-4)28(7-2)23(29)18-20-14-10-11-15-21(20)19-26/h10-11,14-15,22,24H,6-9,12-13,16-18H2,1-5H3. The Labute approximate surface area is 198 Å². The van der Waals surface area contributed by atoms with Gasteiger partial charge in [0.15, 0.2) is 0 Å². The van der Waals surface area contributed by atoms with Crippen LogP contribution in [-0.4, -0.2) is 63.5 Å². The molecule has 1 aliphatic carbocycles. The van der Waals surface area contributed by atoms with Crippen LogP contribution in [0.15, 0.2) is 24.3 Å². The Morgan fingerprint density at radius 2 is 1.81 bits per heavy atom. The highest BCUT2D eigenvalue weighted by atomic mass is 32.2. The summed E-state index contributed by atoms with van der Waals surface area (Å²) in [4.78, 5) is 18.2. The van der Waals surface area contributed by atoms with E-state index in [1.54, 1.807) is 6.07 Å². The molecule has 0 bridgehead atoms. The Bertz CT molecular complexity index is 743. The van der Waals surface area contributed by atoms with Crippen LogP contribution in [0.2, 0.25) is 0 Å². The van der Waals surface area contributed by atoms with Crippen molar-refractivity contribution < 1.29 is 4.79 Å². The summed E-state index contributed by atoms with van der Waals surface area (Å²) in [5.41, 5.74) is 1.44. The molecule has 6 heteroatoms. The highest BCUT2D eigenvalue weighted by molar-refractivity contribution is 8.18. The first-order chi connectivity index (χ1) is 15.0. The number of thioether (sulfide) groups is 2. The largest absolute Gasteiger partial charge is 0.338 e. The van der Waals surface area contributed by atoms with Crippen LogP contribution in [0.3, 0.4) is 0 Å². The van der Waals surface area contributed by atoms with E-state index in [0.717, 1.165) is 36.5 Å². The fraction of sp³-hybridized carbons (Fsp3) is 0.680. The molecular weight excluding hydrogens is 422 g/mol. The number of amides is 1. The lowest BCUT2D eigenvalue weighted by Gasteiger charge is -2.49. The van der Waals surface area contributed by atoms with Crippen molar-refractivity contribution in [2.75, 3.05) is 31.6 Å². The second-order valence-corrected chi connectivity index (χ2v) is 11.6. The summed E-state index contributed by atoms with van der Waals surface area (Å²) in [5, 5.41) is 9.46. The van der Waals surface area contributed by atoms with Crippen LogP contribution in [0, 0.1) is 11.3 Å². The Morgan fingerprint density at radius 3 is 2.39 bits per heavy atom. The molecule has 0 aromatic heterocycles. The van der Waals surface area contributed by atoms with Gasteiger partial charge >= 0.3 is 0 Å². The Morgan fingerprint density at radius 1 is 1.13 bits per heavy atom. The summed E-state index contributed by atoms with van der Waals surface area (Å²) < 4.78 is 0.105. The summed E-state index contributed by atoms with van der Waals surface area (Å²) in [7, 11) is 2.23. The van der Waals surface area contributed by atoms with Gasteiger partial charge in [0.1, 0.15) is 0 Å². The molecule has 4 nitrogen and oxygen atoms in total. The number of likely N-dealkylation sites (N-methyl/N-ethyl adjacent to an activating group) is 2. The predicted molar refractivity (Wildman–Crippen MR) is 136 cm³/mol. The summed E-state index contributed by atoms with van der Waals surface area (Å²) in [6, 6.07) is 10.2. The molecule has 1 aromatic carbocycles. The quantitative estimate of drug-likeness (QED) is 0.344. The molecule has 1 amide bonds.